The van der Waals surface area contributed by atoms with Crippen LogP contribution in [0.3, 0.4) is 0 Å². The number of rotatable bonds is 0. The summed E-state index contributed by atoms with van der Waals surface area (Å²) in [4.78, 5) is 0. The van der Waals surface area contributed by atoms with E-state index in [0.29, 0.717) is 0 Å². The third-order valence-corrected chi connectivity index (χ3v) is 0. The van der Waals surface area contributed by atoms with Crippen LogP contribution in [0.1, 0.15) is 41.5 Å². The maximum atomic E-state index is 8.06. The summed E-state index contributed by atoms with van der Waals surface area (Å²) >= 11 is 0. The van der Waals surface area contributed by atoms with Gasteiger partial charge in [-0.25, -0.2) is 0 Å². The summed E-state index contributed by atoms with van der Waals surface area (Å²) in [6, 6.07) is 0. The second-order valence-corrected chi connectivity index (χ2v) is 3.28. The fraction of sp³-hybridized carbons (Fsp3) is 1.00. The topological polar surface area (TPSA) is 80.9 Å². The SMILES string of the molecule is CC(C)O.CC(C)O.CC(C)O.CO. The molecule has 4 nitrogen and oxygen atoms in total. The van der Waals surface area contributed by atoms with Gasteiger partial charge in [0.2, 0.25) is 0 Å². The second-order valence-electron chi connectivity index (χ2n) is 3.28. The van der Waals surface area contributed by atoms with Gasteiger partial charge in [0, 0.05) is 25.4 Å². The molecular formula is C10H28O4. The van der Waals surface area contributed by atoms with E-state index in [9.17, 15) is 0 Å². The summed E-state index contributed by atoms with van der Waals surface area (Å²) in [7, 11) is 1.00. The number of aliphatic hydroxyl groups excluding tert-OH is 4. The first-order valence-corrected chi connectivity index (χ1v) is 4.69. The van der Waals surface area contributed by atoms with E-state index in [2.05, 4.69) is 0 Å². The standard InChI is InChI=1S/3C3H8O.CH4O/c3*1-3(2)4;1-2/h3*3-4H,1-2H3;2H,1H3. The van der Waals surface area contributed by atoms with Crippen molar-refractivity contribution >= 4 is 0 Å². The first kappa shape index (κ1) is 23.6. The highest BCUT2D eigenvalue weighted by Crippen LogP contribution is 1.65. The Bertz CT molecular complexity index is 40.6. The lowest BCUT2D eigenvalue weighted by molar-refractivity contribution is 0.215. The average molecular weight is 212 g/mol. The molecule has 0 aromatic carbocycles. The second kappa shape index (κ2) is 23.0. The lowest BCUT2D eigenvalue weighted by Gasteiger charge is -1.80. The molecule has 0 bridgehead atoms. The van der Waals surface area contributed by atoms with Crippen LogP contribution in [0, 0.1) is 0 Å². The Morgan fingerprint density at radius 2 is 0.500 bits per heavy atom. The molecule has 0 unspecified atom stereocenters. The molecule has 0 aliphatic heterocycles. The lowest BCUT2D eigenvalue weighted by atomic mass is 10.5. The fourth-order valence-corrected chi connectivity index (χ4v) is 0. The Kier molecular flexibility index (Phi) is 38.8. The highest BCUT2D eigenvalue weighted by atomic mass is 16.3. The van der Waals surface area contributed by atoms with Gasteiger partial charge in [0.15, 0.2) is 0 Å². The van der Waals surface area contributed by atoms with Gasteiger partial charge in [-0.05, 0) is 41.5 Å². The highest BCUT2D eigenvalue weighted by Gasteiger charge is 1.70. The van der Waals surface area contributed by atoms with Crippen LogP contribution in [-0.2, 0) is 0 Å². The molecule has 14 heavy (non-hydrogen) atoms. The lowest BCUT2D eigenvalue weighted by Crippen LogP contribution is -1.85. The van der Waals surface area contributed by atoms with E-state index in [1.165, 1.54) is 0 Å². The zero-order chi connectivity index (χ0) is 12.7. The van der Waals surface area contributed by atoms with Crippen molar-refractivity contribution < 1.29 is 20.4 Å². The van der Waals surface area contributed by atoms with Gasteiger partial charge >= 0.3 is 0 Å². The molecule has 0 amide bonds. The van der Waals surface area contributed by atoms with Crippen molar-refractivity contribution in [2.75, 3.05) is 7.11 Å². The maximum absolute atomic E-state index is 8.06. The van der Waals surface area contributed by atoms with E-state index in [1.807, 2.05) is 0 Å². The van der Waals surface area contributed by atoms with Gasteiger partial charge in [0.25, 0.3) is 0 Å². The molecule has 0 heterocycles. The van der Waals surface area contributed by atoms with Crippen molar-refractivity contribution in [3.8, 4) is 0 Å². The van der Waals surface area contributed by atoms with Crippen molar-refractivity contribution in [2.45, 2.75) is 59.9 Å². The predicted molar refractivity (Wildman–Crippen MR) is 60.2 cm³/mol. The molecule has 0 saturated heterocycles. The minimum Gasteiger partial charge on any atom is -0.400 e. The first-order chi connectivity index (χ1) is 6.20. The monoisotopic (exact) mass is 212 g/mol. The van der Waals surface area contributed by atoms with Gasteiger partial charge in [-0.15, -0.1) is 0 Å². The van der Waals surface area contributed by atoms with E-state index in [-0.39, 0.29) is 18.3 Å². The summed E-state index contributed by atoms with van der Waals surface area (Å²) in [5.74, 6) is 0. The van der Waals surface area contributed by atoms with Crippen LogP contribution in [0.15, 0.2) is 0 Å². The number of hydrogen-bond acceptors (Lipinski definition) is 4. The van der Waals surface area contributed by atoms with Gasteiger partial charge in [-0.2, -0.15) is 0 Å². The summed E-state index contributed by atoms with van der Waals surface area (Å²) in [5, 5.41) is 31.2. The van der Waals surface area contributed by atoms with Crippen molar-refractivity contribution in [2.24, 2.45) is 0 Å². The van der Waals surface area contributed by atoms with Crippen LogP contribution in [0.25, 0.3) is 0 Å². The van der Waals surface area contributed by atoms with Crippen LogP contribution in [0.4, 0.5) is 0 Å². The highest BCUT2D eigenvalue weighted by molar-refractivity contribution is 4.21. The minimum absolute atomic E-state index is 0.167. The Balaban J connectivity index is -0.0000000492. The molecule has 0 fully saturated rings. The van der Waals surface area contributed by atoms with Crippen molar-refractivity contribution in [1.82, 2.24) is 0 Å². The average Bonchev–Trinajstić information content (AvgIpc) is 1.86. The zero-order valence-electron chi connectivity index (χ0n) is 10.5. The molecule has 0 aromatic rings. The summed E-state index contributed by atoms with van der Waals surface area (Å²) in [6.45, 7) is 10.3. The van der Waals surface area contributed by atoms with Crippen molar-refractivity contribution in [1.29, 1.82) is 0 Å². The summed E-state index contributed by atoms with van der Waals surface area (Å²) in [5.41, 5.74) is 0. The molecule has 0 saturated carbocycles. The molecule has 0 aliphatic carbocycles. The van der Waals surface area contributed by atoms with Crippen molar-refractivity contribution in [3.63, 3.8) is 0 Å². The van der Waals surface area contributed by atoms with E-state index < -0.39 is 0 Å². The normalized spacial score (nSPS) is 8.14. The van der Waals surface area contributed by atoms with E-state index >= 15 is 0 Å². The van der Waals surface area contributed by atoms with E-state index in [0.717, 1.165) is 7.11 Å². The smallest absolute Gasteiger partial charge is 0.0483 e. The van der Waals surface area contributed by atoms with E-state index in [1.54, 1.807) is 41.5 Å². The molecule has 92 valence electrons. The summed E-state index contributed by atoms with van der Waals surface area (Å²) < 4.78 is 0. The van der Waals surface area contributed by atoms with Crippen molar-refractivity contribution in [3.05, 3.63) is 0 Å². The Labute approximate surface area is 88.2 Å². The van der Waals surface area contributed by atoms with Crippen LogP contribution in [-0.4, -0.2) is 45.8 Å². The molecule has 0 rings (SSSR count). The Morgan fingerprint density at radius 1 is 0.500 bits per heavy atom. The molecule has 0 spiro atoms. The molecule has 0 atom stereocenters. The van der Waals surface area contributed by atoms with Gasteiger partial charge < -0.3 is 20.4 Å². The molecule has 4 N–H and O–H groups in total. The quantitative estimate of drug-likeness (QED) is 0.478. The Morgan fingerprint density at radius 3 is 0.500 bits per heavy atom. The molecule has 0 aliphatic rings. The number of hydrogen-bond donors (Lipinski definition) is 4. The van der Waals surface area contributed by atoms with Gasteiger partial charge in [0.05, 0.1) is 0 Å². The molecule has 0 aromatic heterocycles. The van der Waals surface area contributed by atoms with Gasteiger partial charge in [0.1, 0.15) is 0 Å². The number of aliphatic hydroxyl groups is 4. The van der Waals surface area contributed by atoms with E-state index in [4.69, 9.17) is 20.4 Å². The maximum Gasteiger partial charge on any atom is 0.0483 e. The largest absolute Gasteiger partial charge is 0.400 e. The van der Waals surface area contributed by atoms with Gasteiger partial charge in [-0.1, -0.05) is 0 Å². The predicted octanol–water partition coefficient (Wildman–Crippen LogP) is 0.770. The molecular weight excluding hydrogens is 184 g/mol. The van der Waals surface area contributed by atoms with Crippen LogP contribution < -0.4 is 0 Å². The van der Waals surface area contributed by atoms with Crippen LogP contribution >= 0.6 is 0 Å². The molecule has 0 radical (unpaired) electrons. The minimum atomic E-state index is -0.167. The summed E-state index contributed by atoms with van der Waals surface area (Å²) in [6.07, 6.45) is -0.500. The van der Waals surface area contributed by atoms with Gasteiger partial charge in [-0.3, -0.25) is 0 Å². The first-order valence-electron chi connectivity index (χ1n) is 4.69. The van der Waals surface area contributed by atoms with Crippen LogP contribution in [0.2, 0.25) is 0 Å². The zero-order valence-corrected chi connectivity index (χ0v) is 10.5. The molecule has 4 heteroatoms. The third-order valence-electron chi connectivity index (χ3n) is 0. The fourth-order valence-electron chi connectivity index (χ4n) is 0. The Hall–Kier alpha value is -0.160. The van der Waals surface area contributed by atoms with Crippen LogP contribution in [0.5, 0.6) is 0 Å². The third kappa shape index (κ3) is 54300.